The van der Waals surface area contributed by atoms with Crippen molar-refractivity contribution in [2.75, 3.05) is 13.7 Å². The van der Waals surface area contributed by atoms with Crippen molar-refractivity contribution in [2.24, 2.45) is 0 Å². The summed E-state index contributed by atoms with van der Waals surface area (Å²) in [5.74, 6) is 0.522. The van der Waals surface area contributed by atoms with E-state index < -0.39 is 10.0 Å². The molecule has 2 aromatic carbocycles. The van der Waals surface area contributed by atoms with Crippen LogP contribution in [0.1, 0.15) is 17.5 Å². The smallest absolute Gasteiger partial charge is 0.233 e. The standard InChI is InChI=1S/C19H22N2O4S/c1-25-18-9-7-17(8-10-18)15-20-19(22)11-13-21-26(23,24)14-12-16-5-3-2-4-6-16/h2-10,12,14,21H,11,13,15H2,1H3,(H,20,22). The third-order valence-corrected chi connectivity index (χ3v) is 4.64. The fourth-order valence-corrected chi connectivity index (χ4v) is 2.94. The highest BCUT2D eigenvalue weighted by molar-refractivity contribution is 7.92. The molecule has 0 spiro atoms. The van der Waals surface area contributed by atoms with Gasteiger partial charge in [-0.3, -0.25) is 4.79 Å². The summed E-state index contributed by atoms with van der Waals surface area (Å²) < 4.78 is 31.2. The van der Waals surface area contributed by atoms with Crippen LogP contribution in [-0.4, -0.2) is 28.0 Å². The normalized spacial score (nSPS) is 11.4. The van der Waals surface area contributed by atoms with Gasteiger partial charge in [0, 0.05) is 24.9 Å². The molecule has 2 aromatic rings. The first-order chi connectivity index (χ1) is 12.5. The molecule has 0 heterocycles. The van der Waals surface area contributed by atoms with E-state index in [1.165, 1.54) is 6.08 Å². The van der Waals surface area contributed by atoms with Crippen LogP contribution < -0.4 is 14.8 Å². The number of carbonyl (C=O) groups is 1. The molecule has 0 radical (unpaired) electrons. The van der Waals surface area contributed by atoms with Gasteiger partial charge in [-0.05, 0) is 29.3 Å². The van der Waals surface area contributed by atoms with Gasteiger partial charge in [-0.2, -0.15) is 0 Å². The van der Waals surface area contributed by atoms with Crippen molar-refractivity contribution in [1.29, 1.82) is 0 Å². The molecule has 1 amide bonds. The van der Waals surface area contributed by atoms with Crippen molar-refractivity contribution >= 4 is 22.0 Å². The van der Waals surface area contributed by atoms with Gasteiger partial charge in [0.15, 0.2) is 0 Å². The van der Waals surface area contributed by atoms with E-state index in [1.807, 2.05) is 42.5 Å². The minimum atomic E-state index is -3.57. The summed E-state index contributed by atoms with van der Waals surface area (Å²) in [6, 6.07) is 16.5. The van der Waals surface area contributed by atoms with E-state index in [1.54, 1.807) is 19.2 Å². The Morgan fingerprint density at radius 1 is 1.08 bits per heavy atom. The second-order valence-corrected chi connectivity index (χ2v) is 7.18. The topological polar surface area (TPSA) is 84.5 Å². The zero-order chi connectivity index (χ0) is 18.8. The summed E-state index contributed by atoms with van der Waals surface area (Å²) in [4.78, 5) is 11.8. The van der Waals surface area contributed by atoms with Crippen molar-refractivity contribution in [1.82, 2.24) is 10.0 Å². The van der Waals surface area contributed by atoms with Gasteiger partial charge in [-0.25, -0.2) is 13.1 Å². The molecule has 138 valence electrons. The van der Waals surface area contributed by atoms with Gasteiger partial charge in [0.25, 0.3) is 0 Å². The van der Waals surface area contributed by atoms with Gasteiger partial charge < -0.3 is 10.1 Å². The molecule has 0 aromatic heterocycles. The Kier molecular flexibility index (Phi) is 7.37. The van der Waals surface area contributed by atoms with Crippen LogP contribution in [0.5, 0.6) is 5.75 Å². The lowest BCUT2D eigenvalue weighted by Crippen LogP contribution is -2.29. The molecule has 0 atom stereocenters. The first kappa shape index (κ1) is 19.7. The highest BCUT2D eigenvalue weighted by Gasteiger charge is 2.07. The number of ether oxygens (including phenoxy) is 1. The molecule has 0 bridgehead atoms. The predicted molar refractivity (Wildman–Crippen MR) is 102 cm³/mol. The first-order valence-corrected chi connectivity index (χ1v) is 9.65. The average molecular weight is 374 g/mol. The van der Waals surface area contributed by atoms with E-state index in [2.05, 4.69) is 10.0 Å². The Bertz CT molecular complexity index is 832. The van der Waals surface area contributed by atoms with Crippen molar-refractivity contribution in [2.45, 2.75) is 13.0 Å². The van der Waals surface area contributed by atoms with Crippen molar-refractivity contribution < 1.29 is 17.9 Å². The van der Waals surface area contributed by atoms with Gasteiger partial charge in [-0.1, -0.05) is 42.5 Å². The van der Waals surface area contributed by atoms with E-state index >= 15 is 0 Å². The van der Waals surface area contributed by atoms with Crippen LogP contribution in [0.2, 0.25) is 0 Å². The number of nitrogens with one attached hydrogen (secondary N) is 2. The molecule has 0 fully saturated rings. The van der Waals surface area contributed by atoms with Gasteiger partial charge >= 0.3 is 0 Å². The Hall–Kier alpha value is -2.64. The molecular weight excluding hydrogens is 352 g/mol. The van der Waals surface area contributed by atoms with Crippen LogP contribution in [0, 0.1) is 0 Å². The molecule has 2 rings (SSSR count). The molecule has 0 saturated heterocycles. The minimum absolute atomic E-state index is 0.0376. The maximum absolute atomic E-state index is 11.9. The van der Waals surface area contributed by atoms with Crippen LogP contribution in [-0.2, 0) is 21.4 Å². The highest BCUT2D eigenvalue weighted by Crippen LogP contribution is 2.10. The van der Waals surface area contributed by atoms with E-state index in [9.17, 15) is 13.2 Å². The molecular formula is C19H22N2O4S. The Balaban J connectivity index is 1.72. The van der Waals surface area contributed by atoms with Crippen LogP contribution in [0.4, 0.5) is 0 Å². The summed E-state index contributed by atoms with van der Waals surface area (Å²) >= 11 is 0. The number of sulfonamides is 1. The lowest BCUT2D eigenvalue weighted by molar-refractivity contribution is -0.121. The lowest BCUT2D eigenvalue weighted by Gasteiger charge is -2.07. The molecule has 0 aliphatic rings. The maximum atomic E-state index is 11.9. The van der Waals surface area contributed by atoms with Crippen molar-refractivity contribution in [3.63, 3.8) is 0 Å². The molecule has 7 heteroatoms. The molecule has 6 nitrogen and oxygen atoms in total. The Morgan fingerprint density at radius 2 is 1.77 bits per heavy atom. The summed E-state index contributed by atoms with van der Waals surface area (Å²) in [5, 5.41) is 3.84. The number of methoxy groups -OCH3 is 1. The summed E-state index contributed by atoms with van der Waals surface area (Å²) in [5.41, 5.74) is 1.72. The third kappa shape index (κ3) is 7.08. The van der Waals surface area contributed by atoms with Crippen molar-refractivity contribution in [3.05, 3.63) is 71.1 Å². The van der Waals surface area contributed by atoms with Crippen LogP contribution in [0.25, 0.3) is 6.08 Å². The SMILES string of the molecule is COc1ccc(CNC(=O)CCNS(=O)(=O)C=Cc2ccccc2)cc1. The number of hydrogen-bond acceptors (Lipinski definition) is 4. The Morgan fingerprint density at radius 3 is 2.42 bits per heavy atom. The van der Waals surface area contributed by atoms with Crippen LogP contribution >= 0.6 is 0 Å². The van der Waals surface area contributed by atoms with E-state index in [4.69, 9.17) is 4.74 Å². The average Bonchev–Trinajstić information content (AvgIpc) is 2.66. The fraction of sp³-hybridized carbons (Fsp3) is 0.211. The number of benzene rings is 2. The second kappa shape index (κ2) is 9.74. The molecule has 2 N–H and O–H groups in total. The number of rotatable bonds is 9. The zero-order valence-electron chi connectivity index (χ0n) is 14.5. The number of amides is 1. The molecule has 0 saturated carbocycles. The van der Waals surface area contributed by atoms with Crippen LogP contribution in [0.3, 0.4) is 0 Å². The van der Waals surface area contributed by atoms with E-state index in [-0.39, 0.29) is 18.9 Å². The van der Waals surface area contributed by atoms with Crippen molar-refractivity contribution in [3.8, 4) is 5.75 Å². The van der Waals surface area contributed by atoms with Crippen LogP contribution in [0.15, 0.2) is 60.0 Å². The monoisotopic (exact) mass is 374 g/mol. The predicted octanol–water partition coefficient (Wildman–Crippen LogP) is 2.29. The fourth-order valence-electron chi connectivity index (χ4n) is 2.12. The number of hydrogen-bond donors (Lipinski definition) is 2. The summed E-state index contributed by atoms with van der Waals surface area (Å²) in [6.45, 7) is 0.416. The quantitative estimate of drug-likeness (QED) is 0.705. The summed E-state index contributed by atoms with van der Waals surface area (Å²) in [7, 11) is -1.98. The lowest BCUT2D eigenvalue weighted by atomic mass is 10.2. The molecule has 0 aliphatic heterocycles. The highest BCUT2D eigenvalue weighted by atomic mass is 32.2. The molecule has 0 aliphatic carbocycles. The maximum Gasteiger partial charge on any atom is 0.233 e. The summed E-state index contributed by atoms with van der Waals surface area (Å²) in [6.07, 6.45) is 1.57. The van der Waals surface area contributed by atoms with E-state index in [0.29, 0.717) is 6.54 Å². The third-order valence-electron chi connectivity index (χ3n) is 3.54. The minimum Gasteiger partial charge on any atom is -0.497 e. The van der Waals surface area contributed by atoms with Gasteiger partial charge in [0.05, 0.1) is 7.11 Å². The van der Waals surface area contributed by atoms with E-state index in [0.717, 1.165) is 22.3 Å². The second-order valence-electron chi connectivity index (χ2n) is 5.53. The zero-order valence-corrected chi connectivity index (χ0v) is 15.3. The molecule has 0 unspecified atom stereocenters. The first-order valence-electron chi connectivity index (χ1n) is 8.11. The number of carbonyl (C=O) groups excluding carboxylic acids is 1. The largest absolute Gasteiger partial charge is 0.497 e. The van der Waals surface area contributed by atoms with Gasteiger partial charge in [0.1, 0.15) is 5.75 Å². The van der Waals surface area contributed by atoms with Gasteiger partial charge in [-0.15, -0.1) is 0 Å². The molecule has 26 heavy (non-hydrogen) atoms. The Labute approximate surface area is 153 Å². The van der Waals surface area contributed by atoms with Gasteiger partial charge in [0.2, 0.25) is 15.9 Å².